The number of aryl methyl sites for hydroxylation is 1. The Morgan fingerprint density at radius 3 is 2.45 bits per heavy atom. The van der Waals surface area contributed by atoms with Crippen LogP contribution >= 0.6 is 0 Å². The van der Waals surface area contributed by atoms with E-state index in [2.05, 4.69) is 10.1 Å². The molecular formula is C21H20F2N2O4. The van der Waals surface area contributed by atoms with E-state index in [0.29, 0.717) is 17.5 Å². The van der Waals surface area contributed by atoms with Gasteiger partial charge in [0.05, 0.1) is 11.1 Å². The summed E-state index contributed by atoms with van der Waals surface area (Å²) in [4.78, 5) is 37.9. The number of amides is 3. The Kier molecular flexibility index (Phi) is 6.21. The third-order valence-electron chi connectivity index (χ3n) is 4.55. The predicted octanol–water partition coefficient (Wildman–Crippen LogP) is 3.29. The lowest BCUT2D eigenvalue weighted by Gasteiger charge is -2.13. The third kappa shape index (κ3) is 4.96. The second-order valence-corrected chi connectivity index (χ2v) is 6.71. The summed E-state index contributed by atoms with van der Waals surface area (Å²) in [6, 6.07) is 11.1. The maximum atomic E-state index is 12.4. The van der Waals surface area contributed by atoms with Crippen LogP contribution in [0.5, 0.6) is 5.75 Å². The van der Waals surface area contributed by atoms with Crippen LogP contribution in [-0.2, 0) is 11.3 Å². The molecule has 0 saturated carbocycles. The topological polar surface area (TPSA) is 75.7 Å². The van der Waals surface area contributed by atoms with E-state index in [9.17, 15) is 23.2 Å². The molecule has 2 aromatic rings. The second-order valence-electron chi connectivity index (χ2n) is 6.71. The Morgan fingerprint density at radius 2 is 1.76 bits per heavy atom. The zero-order valence-electron chi connectivity index (χ0n) is 15.8. The molecule has 0 aromatic heterocycles. The molecule has 0 unspecified atom stereocenters. The summed E-state index contributed by atoms with van der Waals surface area (Å²) in [5, 5.41) is 2.72. The molecule has 1 heterocycles. The average Bonchev–Trinajstić information content (AvgIpc) is 2.91. The first kappa shape index (κ1) is 20.4. The lowest BCUT2D eigenvalue weighted by Crippen LogP contribution is -2.32. The normalized spacial score (nSPS) is 13.0. The van der Waals surface area contributed by atoms with Crippen molar-refractivity contribution in [1.82, 2.24) is 10.2 Å². The molecule has 0 fully saturated rings. The van der Waals surface area contributed by atoms with E-state index in [4.69, 9.17) is 0 Å². The molecule has 1 aliphatic rings. The first-order chi connectivity index (χ1) is 13.8. The zero-order chi connectivity index (χ0) is 21.0. The summed E-state index contributed by atoms with van der Waals surface area (Å²) in [6.07, 6.45) is 0.496. The molecule has 0 aliphatic carbocycles. The van der Waals surface area contributed by atoms with Crippen LogP contribution in [0.15, 0.2) is 42.5 Å². The van der Waals surface area contributed by atoms with E-state index in [1.54, 1.807) is 30.3 Å². The van der Waals surface area contributed by atoms with Crippen LogP contribution in [0.25, 0.3) is 0 Å². The van der Waals surface area contributed by atoms with E-state index in [1.165, 1.54) is 17.0 Å². The molecule has 29 heavy (non-hydrogen) atoms. The van der Waals surface area contributed by atoms with Crippen molar-refractivity contribution in [3.8, 4) is 5.75 Å². The van der Waals surface area contributed by atoms with Gasteiger partial charge in [-0.2, -0.15) is 8.78 Å². The van der Waals surface area contributed by atoms with E-state index in [0.717, 1.165) is 11.1 Å². The summed E-state index contributed by atoms with van der Waals surface area (Å²) >= 11 is 0. The summed E-state index contributed by atoms with van der Waals surface area (Å²) in [5.41, 5.74) is 2.43. The van der Waals surface area contributed by atoms with Gasteiger partial charge < -0.3 is 10.1 Å². The molecule has 1 aliphatic heterocycles. The van der Waals surface area contributed by atoms with Gasteiger partial charge in [-0.15, -0.1) is 0 Å². The highest BCUT2D eigenvalue weighted by molar-refractivity contribution is 6.21. The fourth-order valence-electron chi connectivity index (χ4n) is 3.08. The molecule has 0 spiro atoms. The van der Waals surface area contributed by atoms with Gasteiger partial charge >= 0.3 is 6.61 Å². The number of fused-ring (bicyclic) bond motifs is 1. The molecule has 2 aromatic carbocycles. The highest BCUT2D eigenvalue weighted by Crippen LogP contribution is 2.24. The van der Waals surface area contributed by atoms with Crippen LogP contribution in [-0.4, -0.2) is 35.8 Å². The molecule has 8 heteroatoms. The minimum atomic E-state index is -2.88. The van der Waals surface area contributed by atoms with Gasteiger partial charge in [-0.05, 0) is 43.2 Å². The highest BCUT2D eigenvalue weighted by atomic mass is 19.3. The number of hydrogen-bond acceptors (Lipinski definition) is 4. The summed E-state index contributed by atoms with van der Waals surface area (Å²) in [6.45, 7) is -0.630. The smallest absolute Gasteiger partial charge is 0.387 e. The summed E-state index contributed by atoms with van der Waals surface area (Å²) in [7, 11) is 0. The number of nitrogens with one attached hydrogen (secondary N) is 1. The molecule has 3 amide bonds. The zero-order valence-corrected chi connectivity index (χ0v) is 15.8. The van der Waals surface area contributed by atoms with Gasteiger partial charge in [0.25, 0.3) is 11.8 Å². The number of carbonyl (C=O) groups is 3. The minimum absolute atomic E-state index is 0.0474. The summed E-state index contributed by atoms with van der Waals surface area (Å²) < 4.78 is 28.5. The molecule has 3 rings (SSSR count). The van der Waals surface area contributed by atoms with E-state index in [1.807, 2.05) is 6.92 Å². The maximum absolute atomic E-state index is 12.4. The van der Waals surface area contributed by atoms with Gasteiger partial charge in [0.2, 0.25) is 5.91 Å². The molecule has 0 bridgehead atoms. The molecule has 152 valence electrons. The van der Waals surface area contributed by atoms with Crippen molar-refractivity contribution in [3.63, 3.8) is 0 Å². The molecule has 0 atom stereocenters. The SMILES string of the molecule is Cc1ccc2c(c1)C(=O)N(CCCC(=O)NCc1ccc(OC(F)F)cc1)C2=O. The van der Waals surface area contributed by atoms with Crippen molar-refractivity contribution < 1.29 is 27.9 Å². The number of imide groups is 1. The monoisotopic (exact) mass is 402 g/mol. The van der Waals surface area contributed by atoms with E-state index in [-0.39, 0.29) is 43.0 Å². The number of nitrogens with zero attached hydrogens (tertiary/aromatic N) is 1. The minimum Gasteiger partial charge on any atom is -0.435 e. The number of rotatable bonds is 8. The Morgan fingerprint density at radius 1 is 1.07 bits per heavy atom. The predicted molar refractivity (Wildman–Crippen MR) is 101 cm³/mol. The van der Waals surface area contributed by atoms with Crippen LogP contribution in [0.2, 0.25) is 0 Å². The quantitative estimate of drug-likeness (QED) is 0.688. The van der Waals surface area contributed by atoms with Gasteiger partial charge in [0.15, 0.2) is 0 Å². The van der Waals surface area contributed by atoms with Gasteiger partial charge in [0.1, 0.15) is 5.75 Å². The number of carbonyl (C=O) groups excluding carboxylic acids is 3. The Bertz CT molecular complexity index is 929. The van der Waals surface area contributed by atoms with Crippen molar-refractivity contribution in [3.05, 3.63) is 64.7 Å². The molecule has 6 nitrogen and oxygen atoms in total. The van der Waals surface area contributed by atoms with Gasteiger partial charge in [-0.25, -0.2) is 0 Å². The van der Waals surface area contributed by atoms with Crippen molar-refractivity contribution in [2.75, 3.05) is 6.54 Å². The van der Waals surface area contributed by atoms with Crippen molar-refractivity contribution in [2.45, 2.75) is 32.9 Å². The van der Waals surface area contributed by atoms with Gasteiger partial charge in [-0.3, -0.25) is 19.3 Å². The number of alkyl halides is 2. The Balaban J connectivity index is 1.43. The van der Waals surface area contributed by atoms with Crippen LogP contribution < -0.4 is 10.1 Å². The van der Waals surface area contributed by atoms with Crippen LogP contribution in [0.3, 0.4) is 0 Å². The first-order valence-corrected chi connectivity index (χ1v) is 9.12. The first-order valence-electron chi connectivity index (χ1n) is 9.12. The number of ether oxygens (including phenoxy) is 1. The molecule has 0 radical (unpaired) electrons. The molecule has 1 N–H and O–H groups in total. The van der Waals surface area contributed by atoms with Crippen LogP contribution in [0.1, 0.15) is 44.7 Å². The van der Waals surface area contributed by atoms with E-state index < -0.39 is 6.61 Å². The summed E-state index contributed by atoms with van der Waals surface area (Å²) in [5.74, 6) is -0.853. The maximum Gasteiger partial charge on any atom is 0.387 e. The third-order valence-corrected chi connectivity index (χ3v) is 4.55. The number of halogens is 2. The van der Waals surface area contributed by atoms with Crippen molar-refractivity contribution in [1.29, 1.82) is 0 Å². The second kappa shape index (κ2) is 8.81. The van der Waals surface area contributed by atoms with Crippen molar-refractivity contribution in [2.24, 2.45) is 0 Å². The fraction of sp³-hybridized carbons (Fsp3) is 0.286. The van der Waals surface area contributed by atoms with Crippen LogP contribution in [0.4, 0.5) is 8.78 Å². The van der Waals surface area contributed by atoms with Crippen LogP contribution in [0, 0.1) is 6.92 Å². The fourth-order valence-corrected chi connectivity index (χ4v) is 3.08. The Labute approximate surface area is 166 Å². The lowest BCUT2D eigenvalue weighted by atomic mass is 10.1. The number of hydrogen-bond donors (Lipinski definition) is 1. The molecular weight excluding hydrogens is 382 g/mol. The largest absolute Gasteiger partial charge is 0.435 e. The average molecular weight is 402 g/mol. The highest BCUT2D eigenvalue weighted by Gasteiger charge is 2.34. The molecule has 0 saturated heterocycles. The van der Waals surface area contributed by atoms with Gasteiger partial charge in [0, 0.05) is 19.5 Å². The van der Waals surface area contributed by atoms with Crippen molar-refractivity contribution >= 4 is 17.7 Å². The Hall–Kier alpha value is -3.29. The lowest BCUT2D eigenvalue weighted by molar-refractivity contribution is -0.121. The number of benzene rings is 2. The van der Waals surface area contributed by atoms with E-state index >= 15 is 0 Å². The standard InChI is InChI=1S/C21H20F2N2O4/c1-13-4-9-16-17(11-13)20(28)25(19(16)27)10-2-3-18(26)24-12-14-5-7-15(8-6-14)29-21(22)23/h4-9,11,21H,2-3,10,12H2,1H3,(H,24,26). The van der Waals surface area contributed by atoms with Gasteiger partial charge in [-0.1, -0.05) is 23.8 Å².